The standard InChI is InChI=1S/C51H90NO8P/c1-3-5-7-9-11-13-15-16-17-18-19-20-21-22-23-24-25-26-27-28-29-30-31-32-34-36-38-40-42-44-51(54)60-49(48-59-61(55,56)58-46-45-52)47-57-50(53)43-41-39-37-35-33-14-12-10-8-6-4-2/h5,7,10-13,16-17,19-20,22-23,49H,3-4,6,8-9,14-15,18,21,24-48,52H2,1-2H3,(H,55,56)/b7-5-,12-10-,13-11-,17-16-,20-19-,23-22-. The SMILES string of the molecule is CC/C=C\C/C=C\C/C=C\C/C=C\C/C=C\CCCCCCCCCCCCCCCC(=O)OC(COC(=O)CCCCCCC/C=C\CCCC)COP(=O)(O)OCCN. The van der Waals surface area contributed by atoms with Gasteiger partial charge in [-0.15, -0.1) is 0 Å². The maximum Gasteiger partial charge on any atom is 0.472 e. The van der Waals surface area contributed by atoms with Crippen LogP contribution in [0.1, 0.15) is 206 Å². The van der Waals surface area contributed by atoms with Gasteiger partial charge in [0.15, 0.2) is 6.10 Å². The highest BCUT2D eigenvalue weighted by Crippen LogP contribution is 2.43. The van der Waals surface area contributed by atoms with Gasteiger partial charge in [0.1, 0.15) is 6.61 Å². The van der Waals surface area contributed by atoms with Crippen molar-refractivity contribution < 1.29 is 37.6 Å². The Morgan fingerprint density at radius 3 is 1.36 bits per heavy atom. The monoisotopic (exact) mass is 876 g/mol. The van der Waals surface area contributed by atoms with Crippen LogP contribution in [0.25, 0.3) is 0 Å². The maximum absolute atomic E-state index is 12.6. The second kappa shape index (κ2) is 46.9. The van der Waals surface area contributed by atoms with Crippen LogP contribution in [-0.4, -0.2) is 49.3 Å². The number of rotatable bonds is 45. The summed E-state index contributed by atoms with van der Waals surface area (Å²) in [6.07, 6.45) is 58.1. The van der Waals surface area contributed by atoms with Gasteiger partial charge in [0.25, 0.3) is 0 Å². The van der Waals surface area contributed by atoms with Crippen LogP contribution in [0.2, 0.25) is 0 Å². The molecule has 0 radical (unpaired) electrons. The van der Waals surface area contributed by atoms with Gasteiger partial charge < -0.3 is 20.1 Å². The minimum Gasteiger partial charge on any atom is -0.462 e. The number of phosphoric acid groups is 1. The Hall–Kier alpha value is -2.55. The van der Waals surface area contributed by atoms with E-state index in [4.69, 9.17) is 24.3 Å². The molecule has 0 aromatic rings. The summed E-state index contributed by atoms with van der Waals surface area (Å²) in [6.45, 7) is 3.57. The third kappa shape index (κ3) is 46.8. The summed E-state index contributed by atoms with van der Waals surface area (Å²) in [7, 11) is -4.38. The van der Waals surface area contributed by atoms with E-state index in [0.717, 1.165) is 96.3 Å². The zero-order valence-electron chi connectivity index (χ0n) is 38.9. The Kier molecular flexibility index (Phi) is 45.0. The lowest BCUT2D eigenvalue weighted by Crippen LogP contribution is -2.29. The minimum absolute atomic E-state index is 0.0499. The van der Waals surface area contributed by atoms with Crippen LogP contribution in [0.5, 0.6) is 0 Å². The molecule has 0 aromatic carbocycles. The summed E-state index contributed by atoms with van der Waals surface area (Å²) >= 11 is 0. The molecule has 0 aliphatic carbocycles. The van der Waals surface area contributed by atoms with Crippen molar-refractivity contribution in [3.8, 4) is 0 Å². The first-order chi connectivity index (χ1) is 29.8. The molecule has 0 saturated heterocycles. The van der Waals surface area contributed by atoms with Gasteiger partial charge in [0, 0.05) is 19.4 Å². The number of esters is 2. The molecule has 0 rings (SSSR count). The van der Waals surface area contributed by atoms with E-state index in [1.807, 2.05) is 0 Å². The highest BCUT2D eigenvalue weighted by atomic mass is 31.2. The van der Waals surface area contributed by atoms with Gasteiger partial charge in [-0.1, -0.05) is 189 Å². The van der Waals surface area contributed by atoms with E-state index in [2.05, 4.69) is 86.8 Å². The number of hydrogen-bond acceptors (Lipinski definition) is 8. The van der Waals surface area contributed by atoms with E-state index in [1.54, 1.807) is 0 Å². The quantitative estimate of drug-likeness (QED) is 0.0265. The second-order valence-electron chi connectivity index (χ2n) is 15.9. The Balaban J connectivity index is 3.97. The predicted octanol–water partition coefficient (Wildman–Crippen LogP) is 14.6. The van der Waals surface area contributed by atoms with Crippen LogP contribution >= 0.6 is 7.82 Å². The fraction of sp³-hybridized carbons (Fsp3) is 0.725. The first-order valence-electron chi connectivity index (χ1n) is 24.4. The molecule has 10 heteroatoms. The van der Waals surface area contributed by atoms with Gasteiger partial charge >= 0.3 is 19.8 Å². The van der Waals surface area contributed by atoms with Gasteiger partial charge in [0.05, 0.1) is 13.2 Å². The van der Waals surface area contributed by atoms with Crippen molar-refractivity contribution in [2.45, 2.75) is 213 Å². The summed E-state index contributed by atoms with van der Waals surface area (Å²) in [6, 6.07) is 0. The number of hydrogen-bond donors (Lipinski definition) is 2. The van der Waals surface area contributed by atoms with Crippen LogP contribution in [-0.2, 0) is 32.7 Å². The topological polar surface area (TPSA) is 134 Å². The highest BCUT2D eigenvalue weighted by Gasteiger charge is 2.26. The second-order valence-corrected chi connectivity index (χ2v) is 17.4. The van der Waals surface area contributed by atoms with Gasteiger partial charge in [-0.25, -0.2) is 4.57 Å². The first kappa shape index (κ1) is 58.5. The normalized spacial score (nSPS) is 13.8. The summed E-state index contributed by atoms with van der Waals surface area (Å²) in [5.74, 6) is -0.843. The first-order valence-corrected chi connectivity index (χ1v) is 25.9. The average molecular weight is 876 g/mol. The number of carbonyl (C=O) groups is 2. The average Bonchev–Trinajstić information content (AvgIpc) is 3.25. The van der Waals surface area contributed by atoms with Crippen molar-refractivity contribution in [2.24, 2.45) is 5.73 Å². The molecule has 0 bridgehead atoms. The molecule has 2 unspecified atom stereocenters. The van der Waals surface area contributed by atoms with Crippen molar-refractivity contribution in [3.63, 3.8) is 0 Å². The summed E-state index contributed by atoms with van der Waals surface area (Å²) in [5.41, 5.74) is 5.35. The number of carbonyl (C=O) groups excluding carboxylic acids is 2. The fourth-order valence-corrected chi connectivity index (χ4v) is 7.23. The lowest BCUT2D eigenvalue weighted by molar-refractivity contribution is -0.161. The van der Waals surface area contributed by atoms with Gasteiger partial charge in [0.2, 0.25) is 0 Å². The summed E-state index contributed by atoms with van der Waals surface area (Å²) in [5, 5.41) is 0. The highest BCUT2D eigenvalue weighted by molar-refractivity contribution is 7.47. The van der Waals surface area contributed by atoms with E-state index in [9.17, 15) is 19.0 Å². The number of allylic oxidation sites excluding steroid dienone is 12. The lowest BCUT2D eigenvalue weighted by Gasteiger charge is -2.19. The molecule has 0 spiro atoms. The molecule has 0 aliphatic heterocycles. The lowest BCUT2D eigenvalue weighted by atomic mass is 10.0. The van der Waals surface area contributed by atoms with Gasteiger partial charge in [-0.2, -0.15) is 0 Å². The molecule has 3 N–H and O–H groups in total. The van der Waals surface area contributed by atoms with Crippen molar-refractivity contribution in [3.05, 3.63) is 72.9 Å². The van der Waals surface area contributed by atoms with E-state index >= 15 is 0 Å². The fourth-order valence-electron chi connectivity index (χ4n) is 6.47. The molecule has 0 aliphatic rings. The molecular formula is C51H90NO8P. The van der Waals surface area contributed by atoms with Crippen LogP contribution in [0, 0.1) is 0 Å². The zero-order valence-corrected chi connectivity index (χ0v) is 39.8. The van der Waals surface area contributed by atoms with E-state index in [-0.39, 0.29) is 32.6 Å². The van der Waals surface area contributed by atoms with Crippen LogP contribution in [0.4, 0.5) is 0 Å². The zero-order chi connectivity index (χ0) is 44.6. The molecule has 0 amide bonds. The van der Waals surface area contributed by atoms with Crippen molar-refractivity contribution in [1.29, 1.82) is 0 Å². The van der Waals surface area contributed by atoms with Crippen molar-refractivity contribution >= 4 is 19.8 Å². The number of nitrogens with two attached hydrogens (primary N) is 1. The maximum atomic E-state index is 12.6. The number of ether oxygens (including phenoxy) is 2. The molecule has 0 heterocycles. The largest absolute Gasteiger partial charge is 0.472 e. The summed E-state index contributed by atoms with van der Waals surface area (Å²) in [4.78, 5) is 34.9. The molecule has 352 valence electrons. The van der Waals surface area contributed by atoms with Crippen molar-refractivity contribution in [1.82, 2.24) is 0 Å². The predicted molar refractivity (Wildman–Crippen MR) is 256 cm³/mol. The van der Waals surface area contributed by atoms with Crippen molar-refractivity contribution in [2.75, 3.05) is 26.4 Å². The van der Waals surface area contributed by atoms with Crippen LogP contribution in [0.3, 0.4) is 0 Å². The molecule has 2 atom stereocenters. The van der Waals surface area contributed by atoms with E-state index in [0.29, 0.717) is 6.42 Å². The van der Waals surface area contributed by atoms with Crippen LogP contribution in [0.15, 0.2) is 72.9 Å². The molecule has 0 fully saturated rings. The Morgan fingerprint density at radius 2 is 0.902 bits per heavy atom. The number of unbranched alkanes of at least 4 members (excludes halogenated alkanes) is 20. The van der Waals surface area contributed by atoms with Gasteiger partial charge in [-0.05, 0) is 77.0 Å². The third-order valence-electron chi connectivity index (χ3n) is 10.1. The molecule has 9 nitrogen and oxygen atoms in total. The van der Waals surface area contributed by atoms with E-state index < -0.39 is 32.5 Å². The molecule has 0 aromatic heterocycles. The minimum atomic E-state index is -4.38. The molecular weight excluding hydrogens is 786 g/mol. The molecule has 0 saturated carbocycles. The Bertz CT molecular complexity index is 1230. The van der Waals surface area contributed by atoms with E-state index in [1.165, 1.54) is 77.0 Å². The summed E-state index contributed by atoms with van der Waals surface area (Å²) < 4.78 is 32.8. The van der Waals surface area contributed by atoms with Gasteiger partial charge in [-0.3, -0.25) is 18.6 Å². The van der Waals surface area contributed by atoms with Crippen LogP contribution < -0.4 is 5.73 Å². The Morgan fingerprint density at radius 1 is 0.508 bits per heavy atom. The smallest absolute Gasteiger partial charge is 0.462 e. The number of phosphoric ester groups is 1. The third-order valence-corrected chi connectivity index (χ3v) is 11.1. The Labute approximate surface area is 373 Å². The molecule has 61 heavy (non-hydrogen) atoms.